The fraction of sp³-hybridized carbons (Fsp3) is 0.680. The number of aliphatic hydroxyl groups is 3. The topological polar surface area (TPSA) is 181 Å². The van der Waals surface area contributed by atoms with Gasteiger partial charge < -0.3 is 48.0 Å². The molecule has 0 aromatic rings. The van der Waals surface area contributed by atoms with Gasteiger partial charge in [0.1, 0.15) is 19.8 Å². The smallest absolute Gasteiger partial charge is 0.306 e. The largest absolute Gasteiger partial charge is 0.756 e. The summed E-state index contributed by atoms with van der Waals surface area (Å²) in [5.74, 6) is -1.41. The number of carbonyl (C=O) groups excluding carboxylic acids is 2. The lowest BCUT2D eigenvalue weighted by Crippen LogP contribution is -2.43. The lowest BCUT2D eigenvalue weighted by Gasteiger charge is -2.36. The molecule has 64 heavy (non-hydrogen) atoms. The van der Waals surface area contributed by atoms with Crippen LogP contribution in [0.4, 0.5) is 0 Å². The third-order valence-electron chi connectivity index (χ3n) is 10.2. The fourth-order valence-electron chi connectivity index (χ4n) is 6.42. The van der Waals surface area contributed by atoms with E-state index in [-0.39, 0.29) is 38.4 Å². The Morgan fingerprint density at radius 3 is 2.02 bits per heavy atom. The van der Waals surface area contributed by atoms with E-state index in [1.807, 2.05) is 33.3 Å². The van der Waals surface area contributed by atoms with Crippen molar-refractivity contribution in [2.45, 2.75) is 167 Å². The molecule has 366 valence electrons. The van der Waals surface area contributed by atoms with Crippen molar-refractivity contribution in [1.82, 2.24) is 0 Å². The van der Waals surface area contributed by atoms with Gasteiger partial charge in [-0.2, -0.15) is 0 Å². The lowest BCUT2D eigenvalue weighted by atomic mass is 9.87. The molecule has 0 aliphatic carbocycles. The summed E-state index contributed by atoms with van der Waals surface area (Å²) in [6.45, 7) is 3.63. The van der Waals surface area contributed by atoms with Crippen molar-refractivity contribution in [3.05, 3.63) is 85.1 Å². The van der Waals surface area contributed by atoms with Crippen LogP contribution in [-0.4, -0.2) is 110 Å². The van der Waals surface area contributed by atoms with Crippen LogP contribution >= 0.6 is 7.82 Å². The van der Waals surface area contributed by atoms with Crippen molar-refractivity contribution in [3.8, 4) is 0 Å². The maximum atomic E-state index is 12.8. The number of quaternary nitrogens is 1. The number of likely N-dealkylation sites (N-methyl/N-ethyl adjacent to an activating group) is 1. The second kappa shape index (κ2) is 37.2. The average Bonchev–Trinajstić information content (AvgIpc) is 3.23. The highest BCUT2D eigenvalue weighted by atomic mass is 31.2. The summed E-state index contributed by atoms with van der Waals surface area (Å²) < 4.78 is 39.5. The van der Waals surface area contributed by atoms with E-state index >= 15 is 0 Å². The molecule has 3 N–H and O–H groups in total. The predicted octanol–water partition coefficient (Wildman–Crippen LogP) is 9.05. The molecule has 1 aliphatic rings. The number of hydrogen-bond donors (Lipinski definition) is 3. The van der Waals surface area contributed by atoms with E-state index in [1.165, 1.54) is 0 Å². The SMILES string of the molecule is CC/C=C\C/C=C\C/C=C\C/C=C\C/C=C\CCCCCC(=O)OC[C@H](COP(=O)([O-])OCC[N+](C)(C)C)OC(=O)CCC/C=C\C[C@H]1[C@@H](O)CC(O)O[C@@H]1/C=C/[C@@H](O)CCCCC. The fourth-order valence-corrected chi connectivity index (χ4v) is 7.15. The molecule has 1 rings (SSSR count). The predicted molar refractivity (Wildman–Crippen MR) is 253 cm³/mol. The average molecular weight is 922 g/mol. The zero-order valence-corrected chi connectivity index (χ0v) is 40.6. The van der Waals surface area contributed by atoms with E-state index in [9.17, 15) is 34.4 Å². The molecule has 0 aromatic carbocycles. The first kappa shape index (κ1) is 59.0. The zero-order valence-electron chi connectivity index (χ0n) is 39.7. The van der Waals surface area contributed by atoms with Crippen LogP contribution in [0.2, 0.25) is 0 Å². The maximum absolute atomic E-state index is 12.8. The number of allylic oxidation sites excluding steroid dienone is 12. The molecular formula is C50H84NO12P. The van der Waals surface area contributed by atoms with Crippen molar-refractivity contribution in [1.29, 1.82) is 0 Å². The van der Waals surface area contributed by atoms with Gasteiger partial charge in [-0.25, -0.2) is 0 Å². The molecular weight excluding hydrogens is 838 g/mol. The Kier molecular flexibility index (Phi) is 34.3. The molecule has 1 fully saturated rings. The van der Waals surface area contributed by atoms with Crippen molar-refractivity contribution >= 4 is 19.8 Å². The Morgan fingerprint density at radius 2 is 1.38 bits per heavy atom. The van der Waals surface area contributed by atoms with Crippen molar-refractivity contribution in [3.63, 3.8) is 0 Å². The number of hydrogen-bond acceptors (Lipinski definition) is 12. The number of unbranched alkanes of at least 4 members (excludes halogenated alkanes) is 6. The molecule has 1 saturated heterocycles. The van der Waals surface area contributed by atoms with E-state index in [2.05, 4.69) is 74.6 Å². The number of nitrogens with zero attached hydrogens (tertiary/aromatic N) is 1. The molecule has 0 bridgehead atoms. The van der Waals surface area contributed by atoms with Gasteiger partial charge in [0.15, 0.2) is 12.4 Å². The van der Waals surface area contributed by atoms with Gasteiger partial charge in [0, 0.05) is 25.2 Å². The standard InChI is InChI=1S/C50H84NO12P/c1-6-8-10-11-12-13-14-15-16-17-18-19-20-21-22-23-24-25-30-34-48(54)59-41-44(42-61-64(57,58)60-39-38-51(3,4)5)62-49(55)35-31-27-26-29-33-45-46(53)40-50(56)63-47(45)37-36-43(52)32-28-9-7-2/h8,10,12-13,15-16,18-19,21-22,26,29,36-37,43-47,50,52-53,56H,6-7,9,11,14,17,20,23-25,27-28,30-35,38-42H2,1-5H3/b10-8-,13-12-,16-15-,19-18-,22-21-,29-26-,37-36+/t43-,44+,45-,46-,47+,50?/m0/s1. The highest BCUT2D eigenvalue weighted by Crippen LogP contribution is 2.38. The number of phosphoric acid groups is 1. The summed E-state index contributed by atoms with van der Waals surface area (Å²) >= 11 is 0. The summed E-state index contributed by atoms with van der Waals surface area (Å²) in [6, 6.07) is 0. The van der Waals surface area contributed by atoms with Gasteiger partial charge >= 0.3 is 11.9 Å². The van der Waals surface area contributed by atoms with Crippen LogP contribution in [0, 0.1) is 5.92 Å². The first-order valence-electron chi connectivity index (χ1n) is 23.7. The minimum absolute atomic E-state index is 0.0182. The molecule has 13 nitrogen and oxygen atoms in total. The summed E-state index contributed by atoms with van der Waals surface area (Å²) in [6.07, 6.45) is 38.0. The van der Waals surface area contributed by atoms with E-state index in [4.69, 9.17) is 23.3 Å². The number of rotatable bonds is 37. The summed E-state index contributed by atoms with van der Waals surface area (Å²) in [7, 11) is 0.963. The third-order valence-corrected chi connectivity index (χ3v) is 11.2. The van der Waals surface area contributed by atoms with Crippen LogP contribution in [0.1, 0.15) is 136 Å². The normalized spacial score (nSPS) is 20.8. The van der Waals surface area contributed by atoms with Crippen LogP contribution in [0.25, 0.3) is 0 Å². The molecule has 0 spiro atoms. The maximum Gasteiger partial charge on any atom is 0.306 e. The van der Waals surface area contributed by atoms with Crippen LogP contribution in [-0.2, 0) is 37.4 Å². The van der Waals surface area contributed by atoms with Crippen LogP contribution < -0.4 is 4.89 Å². The summed E-state index contributed by atoms with van der Waals surface area (Å²) in [5, 5.41) is 31.1. The number of esters is 2. The lowest BCUT2D eigenvalue weighted by molar-refractivity contribution is -0.870. The first-order chi connectivity index (χ1) is 30.7. The van der Waals surface area contributed by atoms with Crippen LogP contribution in [0.3, 0.4) is 0 Å². The second-order valence-electron chi connectivity index (χ2n) is 17.3. The third kappa shape index (κ3) is 34.4. The quantitative estimate of drug-likeness (QED) is 0.0177. The Balaban J connectivity index is 2.53. The Morgan fingerprint density at radius 1 is 0.766 bits per heavy atom. The molecule has 1 heterocycles. The monoisotopic (exact) mass is 922 g/mol. The minimum Gasteiger partial charge on any atom is -0.756 e. The first-order valence-corrected chi connectivity index (χ1v) is 25.1. The van der Waals surface area contributed by atoms with Gasteiger partial charge in [-0.15, -0.1) is 0 Å². The number of carbonyl (C=O) groups is 2. The zero-order chi connectivity index (χ0) is 47.3. The van der Waals surface area contributed by atoms with Gasteiger partial charge in [0.2, 0.25) is 0 Å². The summed E-state index contributed by atoms with van der Waals surface area (Å²) in [4.78, 5) is 37.9. The van der Waals surface area contributed by atoms with Crippen LogP contribution in [0.15, 0.2) is 85.1 Å². The second-order valence-corrected chi connectivity index (χ2v) is 18.7. The highest BCUT2D eigenvalue weighted by molar-refractivity contribution is 7.45. The molecule has 7 atom stereocenters. The Bertz CT molecular complexity index is 1480. The van der Waals surface area contributed by atoms with Gasteiger partial charge in [-0.3, -0.25) is 14.2 Å². The minimum atomic E-state index is -4.72. The van der Waals surface area contributed by atoms with E-state index in [1.54, 1.807) is 12.2 Å². The van der Waals surface area contributed by atoms with E-state index in [0.29, 0.717) is 43.1 Å². The van der Waals surface area contributed by atoms with Crippen LogP contribution in [0.5, 0.6) is 0 Å². The molecule has 1 aliphatic heterocycles. The number of ether oxygens (including phenoxy) is 3. The Hall–Kier alpha value is -2.97. The van der Waals surface area contributed by atoms with Crippen molar-refractivity contribution < 1.29 is 62.1 Å². The van der Waals surface area contributed by atoms with Gasteiger partial charge in [-0.05, 0) is 77.0 Å². The number of aliphatic hydroxyl groups excluding tert-OH is 3. The van der Waals surface area contributed by atoms with Gasteiger partial charge in [-0.1, -0.05) is 125 Å². The van der Waals surface area contributed by atoms with E-state index < -0.39 is 57.1 Å². The highest BCUT2D eigenvalue weighted by Gasteiger charge is 2.35. The van der Waals surface area contributed by atoms with E-state index in [0.717, 1.165) is 70.6 Å². The molecule has 14 heteroatoms. The van der Waals surface area contributed by atoms with Crippen molar-refractivity contribution in [2.24, 2.45) is 5.92 Å². The molecule has 0 aromatic heterocycles. The summed E-state index contributed by atoms with van der Waals surface area (Å²) in [5.41, 5.74) is 0. The molecule has 2 unspecified atom stereocenters. The van der Waals surface area contributed by atoms with Gasteiger partial charge in [0.25, 0.3) is 7.82 Å². The Labute approximate surface area is 385 Å². The van der Waals surface area contributed by atoms with Gasteiger partial charge in [0.05, 0.1) is 46.1 Å². The molecule has 0 saturated carbocycles. The number of phosphoric ester groups is 1. The molecule has 0 radical (unpaired) electrons. The molecule has 0 amide bonds. The van der Waals surface area contributed by atoms with Crippen molar-refractivity contribution in [2.75, 3.05) is 47.5 Å².